The van der Waals surface area contributed by atoms with Crippen molar-refractivity contribution >= 4 is 40.8 Å². The summed E-state index contributed by atoms with van der Waals surface area (Å²) in [6.07, 6.45) is 1.40. The molecule has 0 fully saturated rings. The van der Waals surface area contributed by atoms with Gasteiger partial charge in [0.15, 0.2) is 11.5 Å². The number of anilines is 2. The van der Waals surface area contributed by atoms with Crippen LogP contribution in [0.15, 0.2) is 36.7 Å². The Labute approximate surface area is 156 Å². The molecule has 26 heavy (non-hydrogen) atoms. The van der Waals surface area contributed by atoms with E-state index in [1.807, 2.05) is 19.1 Å². The molecule has 0 unspecified atom stereocenters. The minimum Gasteiger partial charge on any atom is -0.504 e. The van der Waals surface area contributed by atoms with E-state index in [9.17, 15) is 9.90 Å². The summed E-state index contributed by atoms with van der Waals surface area (Å²) in [4.78, 5) is 19.6. The molecule has 0 aliphatic rings. The van der Waals surface area contributed by atoms with Gasteiger partial charge in [0.2, 0.25) is 0 Å². The molecule has 0 spiro atoms. The predicted molar refractivity (Wildman–Crippen MR) is 101 cm³/mol. The van der Waals surface area contributed by atoms with Gasteiger partial charge in [-0.25, -0.2) is 9.97 Å². The van der Waals surface area contributed by atoms with Gasteiger partial charge in [-0.1, -0.05) is 6.07 Å². The molecule has 0 saturated heterocycles. The number of aromatic nitrogens is 2. The van der Waals surface area contributed by atoms with Crippen LogP contribution in [0.2, 0.25) is 0 Å². The topological polar surface area (TPSA) is 93.6 Å². The summed E-state index contributed by atoms with van der Waals surface area (Å²) >= 11 is 0. The molecular weight excluding hydrogens is 358 g/mol. The number of halogens is 1. The third-order valence-electron chi connectivity index (χ3n) is 3.64. The first-order valence-electron chi connectivity index (χ1n) is 7.55. The number of aryl methyl sites for hydroxylation is 1. The molecule has 0 bridgehead atoms. The lowest BCUT2D eigenvalue weighted by Gasteiger charge is -2.12. The average Bonchev–Trinajstić information content (AvgIpc) is 2.57. The van der Waals surface area contributed by atoms with Crippen molar-refractivity contribution < 1.29 is 19.4 Å². The number of benzene rings is 2. The summed E-state index contributed by atoms with van der Waals surface area (Å²) in [6, 6.07) is 8.60. The van der Waals surface area contributed by atoms with Crippen molar-refractivity contribution in [2.75, 3.05) is 12.4 Å². The molecule has 0 amide bonds. The van der Waals surface area contributed by atoms with E-state index in [0.717, 1.165) is 5.56 Å². The molecule has 0 aliphatic heterocycles. The fourth-order valence-corrected chi connectivity index (χ4v) is 2.41. The van der Waals surface area contributed by atoms with Crippen LogP contribution in [0.3, 0.4) is 0 Å². The minimum atomic E-state index is -0.382. The number of aromatic hydroxyl groups is 1. The molecule has 0 saturated carbocycles. The molecule has 0 aliphatic carbocycles. The van der Waals surface area contributed by atoms with Crippen molar-refractivity contribution in [2.24, 2.45) is 0 Å². The molecule has 1 heterocycles. The van der Waals surface area contributed by atoms with Gasteiger partial charge < -0.3 is 19.9 Å². The minimum absolute atomic E-state index is 0. The maximum absolute atomic E-state index is 11.2. The highest BCUT2D eigenvalue weighted by atomic mass is 35.5. The zero-order valence-electron chi connectivity index (χ0n) is 14.4. The highest BCUT2D eigenvalue weighted by molar-refractivity contribution is 5.93. The Hall–Kier alpha value is -3.06. The summed E-state index contributed by atoms with van der Waals surface area (Å²) < 4.78 is 10.3. The third kappa shape index (κ3) is 3.94. The zero-order valence-corrected chi connectivity index (χ0v) is 15.3. The van der Waals surface area contributed by atoms with Crippen LogP contribution in [0.1, 0.15) is 12.5 Å². The van der Waals surface area contributed by atoms with Crippen LogP contribution in [0.5, 0.6) is 17.2 Å². The number of hydrogen-bond acceptors (Lipinski definition) is 7. The number of rotatable bonds is 4. The Morgan fingerprint density at radius 2 is 1.92 bits per heavy atom. The smallest absolute Gasteiger partial charge is 0.308 e. The number of phenolic OH excluding ortho intramolecular Hbond substituents is 1. The molecule has 0 radical (unpaired) electrons. The van der Waals surface area contributed by atoms with Crippen LogP contribution in [-0.2, 0) is 4.79 Å². The van der Waals surface area contributed by atoms with E-state index in [1.165, 1.54) is 26.4 Å². The van der Waals surface area contributed by atoms with Crippen molar-refractivity contribution in [1.29, 1.82) is 0 Å². The van der Waals surface area contributed by atoms with E-state index in [-0.39, 0.29) is 24.1 Å². The standard InChI is InChI=1S/C18H17N3O4.ClH/c1-10-4-5-12(6-16(10)25-11(2)22)21-18-13-7-17(24-3)15(23)8-14(13)19-9-20-18;/h4-9,23H,1-3H3,(H,19,20,21);1H. The largest absolute Gasteiger partial charge is 0.504 e. The van der Waals surface area contributed by atoms with E-state index in [0.29, 0.717) is 33.9 Å². The van der Waals surface area contributed by atoms with Gasteiger partial charge >= 0.3 is 5.97 Å². The van der Waals surface area contributed by atoms with E-state index >= 15 is 0 Å². The summed E-state index contributed by atoms with van der Waals surface area (Å²) in [5.41, 5.74) is 2.12. The molecule has 8 heteroatoms. The van der Waals surface area contributed by atoms with Crippen LogP contribution in [0, 0.1) is 6.92 Å². The summed E-state index contributed by atoms with van der Waals surface area (Å²) in [6.45, 7) is 3.21. The molecule has 136 valence electrons. The van der Waals surface area contributed by atoms with Gasteiger partial charge in [-0.3, -0.25) is 4.79 Å². The van der Waals surface area contributed by atoms with Gasteiger partial charge in [-0.2, -0.15) is 0 Å². The number of methoxy groups -OCH3 is 1. The van der Waals surface area contributed by atoms with Gasteiger partial charge in [-0.15, -0.1) is 12.4 Å². The molecule has 3 aromatic rings. The summed E-state index contributed by atoms with van der Waals surface area (Å²) in [7, 11) is 1.48. The number of hydrogen-bond donors (Lipinski definition) is 2. The molecule has 0 atom stereocenters. The lowest BCUT2D eigenvalue weighted by atomic mass is 10.2. The van der Waals surface area contributed by atoms with Crippen LogP contribution in [0.25, 0.3) is 10.9 Å². The quantitative estimate of drug-likeness (QED) is 0.529. The van der Waals surface area contributed by atoms with Gasteiger partial charge in [0, 0.05) is 30.1 Å². The summed E-state index contributed by atoms with van der Waals surface area (Å²) in [5, 5.41) is 13.8. The molecular formula is C18H18ClN3O4. The van der Waals surface area contributed by atoms with E-state index in [2.05, 4.69) is 15.3 Å². The number of ether oxygens (including phenoxy) is 2. The van der Waals surface area contributed by atoms with Crippen molar-refractivity contribution in [3.63, 3.8) is 0 Å². The predicted octanol–water partition coefficient (Wildman–Crippen LogP) is 3.74. The van der Waals surface area contributed by atoms with Crippen molar-refractivity contribution in [1.82, 2.24) is 9.97 Å². The normalized spacial score (nSPS) is 10.1. The molecule has 1 aromatic heterocycles. The van der Waals surface area contributed by atoms with Crippen LogP contribution < -0.4 is 14.8 Å². The maximum Gasteiger partial charge on any atom is 0.308 e. The highest BCUT2D eigenvalue weighted by Crippen LogP contribution is 2.34. The number of phenols is 1. The third-order valence-corrected chi connectivity index (χ3v) is 3.64. The fourth-order valence-electron chi connectivity index (χ4n) is 2.41. The Morgan fingerprint density at radius 1 is 1.15 bits per heavy atom. The number of carbonyl (C=O) groups excluding carboxylic acids is 1. The van der Waals surface area contributed by atoms with Gasteiger partial charge in [0.25, 0.3) is 0 Å². The van der Waals surface area contributed by atoms with Crippen molar-refractivity contribution in [2.45, 2.75) is 13.8 Å². The second-order valence-corrected chi connectivity index (χ2v) is 5.46. The highest BCUT2D eigenvalue weighted by Gasteiger charge is 2.11. The van der Waals surface area contributed by atoms with E-state index in [1.54, 1.807) is 12.1 Å². The first-order chi connectivity index (χ1) is 12.0. The number of nitrogens with zero attached hydrogens (tertiary/aromatic N) is 2. The molecule has 2 aromatic carbocycles. The van der Waals surface area contributed by atoms with Crippen molar-refractivity contribution in [3.05, 3.63) is 42.2 Å². The zero-order chi connectivity index (χ0) is 18.0. The van der Waals surface area contributed by atoms with Crippen LogP contribution in [0.4, 0.5) is 11.5 Å². The number of nitrogens with one attached hydrogen (secondary N) is 1. The van der Waals surface area contributed by atoms with Gasteiger partial charge in [-0.05, 0) is 24.6 Å². The lowest BCUT2D eigenvalue weighted by Crippen LogP contribution is -2.03. The summed E-state index contributed by atoms with van der Waals surface area (Å²) in [5.74, 6) is 0.974. The second kappa shape index (κ2) is 7.88. The fraction of sp³-hybridized carbons (Fsp3) is 0.167. The molecule has 7 nitrogen and oxygen atoms in total. The molecule has 2 N–H and O–H groups in total. The Bertz CT molecular complexity index is 963. The lowest BCUT2D eigenvalue weighted by molar-refractivity contribution is -0.131. The van der Waals surface area contributed by atoms with Crippen LogP contribution in [-0.4, -0.2) is 28.2 Å². The van der Waals surface area contributed by atoms with E-state index < -0.39 is 0 Å². The Kier molecular flexibility index (Phi) is 5.84. The number of esters is 1. The van der Waals surface area contributed by atoms with Crippen LogP contribution >= 0.6 is 12.4 Å². The van der Waals surface area contributed by atoms with E-state index in [4.69, 9.17) is 9.47 Å². The molecule has 3 rings (SSSR count). The average molecular weight is 376 g/mol. The Morgan fingerprint density at radius 3 is 2.62 bits per heavy atom. The van der Waals surface area contributed by atoms with Crippen molar-refractivity contribution in [3.8, 4) is 17.2 Å². The number of fused-ring (bicyclic) bond motifs is 1. The van der Waals surface area contributed by atoms with Gasteiger partial charge in [0.1, 0.15) is 17.9 Å². The Balaban J connectivity index is 0.00000243. The SMILES string of the molecule is COc1cc2c(Nc3ccc(C)c(OC(C)=O)c3)ncnc2cc1O.Cl. The second-order valence-electron chi connectivity index (χ2n) is 5.46. The number of carbonyl (C=O) groups is 1. The monoisotopic (exact) mass is 375 g/mol. The first-order valence-corrected chi connectivity index (χ1v) is 7.55. The van der Waals surface area contributed by atoms with Gasteiger partial charge in [0.05, 0.1) is 12.6 Å². The first kappa shape index (κ1) is 19.3. The maximum atomic E-state index is 11.2.